The molecular formula is C21H26N3O2+. The third-order valence-corrected chi connectivity index (χ3v) is 4.71. The molecule has 136 valence electrons. The van der Waals surface area contributed by atoms with Gasteiger partial charge in [-0.2, -0.15) is 0 Å². The maximum absolute atomic E-state index is 12.5. The van der Waals surface area contributed by atoms with Gasteiger partial charge in [0.25, 0.3) is 11.8 Å². The van der Waals surface area contributed by atoms with Gasteiger partial charge in [-0.05, 0) is 37.0 Å². The van der Waals surface area contributed by atoms with E-state index in [1.54, 1.807) is 12.1 Å². The fraction of sp³-hybridized carbons (Fsp3) is 0.333. The summed E-state index contributed by atoms with van der Waals surface area (Å²) in [7, 11) is 0. The molecule has 2 amide bonds. The van der Waals surface area contributed by atoms with Crippen molar-refractivity contribution in [1.82, 2.24) is 5.32 Å². The highest BCUT2D eigenvalue weighted by atomic mass is 16.2. The number of carbonyl (C=O) groups excluding carboxylic acids is 2. The first-order chi connectivity index (χ1) is 12.7. The predicted octanol–water partition coefficient (Wildman–Crippen LogP) is 1.62. The minimum Gasteiger partial charge on any atom is -0.348 e. The lowest BCUT2D eigenvalue weighted by Gasteiger charge is -2.23. The van der Waals surface area contributed by atoms with Crippen molar-refractivity contribution in [3.63, 3.8) is 0 Å². The molecule has 5 heteroatoms. The monoisotopic (exact) mass is 352 g/mol. The molecular weight excluding hydrogens is 326 g/mol. The van der Waals surface area contributed by atoms with Crippen LogP contribution in [-0.2, 0) is 11.3 Å². The molecule has 0 spiro atoms. The lowest BCUT2D eigenvalue weighted by molar-refractivity contribution is -0.896. The number of anilines is 1. The highest BCUT2D eigenvalue weighted by Gasteiger charge is 2.19. The molecule has 0 aliphatic carbocycles. The number of rotatable bonds is 6. The summed E-state index contributed by atoms with van der Waals surface area (Å²) in [4.78, 5) is 26.2. The summed E-state index contributed by atoms with van der Waals surface area (Å²) in [5.74, 6) is -0.222. The van der Waals surface area contributed by atoms with Crippen LogP contribution in [0.2, 0.25) is 0 Å². The Balaban J connectivity index is 1.59. The Morgan fingerprint density at radius 1 is 0.885 bits per heavy atom. The average Bonchev–Trinajstić information content (AvgIpc) is 2.68. The van der Waals surface area contributed by atoms with Crippen LogP contribution in [0.3, 0.4) is 0 Å². The molecule has 2 aromatic carbocycles. The minimum absolute atomic E-state index is 0.0368. The van der Waals surface area contributed by atoms with E-state index in [0.717, 1.165) is 18.7 Å². The predicted molar refractivity (Wildman–Crippen MR) is 102 cm³/mol. The third kappa shape index (κ3) is 5.17. The van der Waals surface area contributed by atoms with E-state index in [4.69, 9.17) is 0 Å². The van der Waals surface area contributed by atoms with E-state index >= 15 is 0 Å². The van der Waals surface area contributed by atoms with Crippen LogP contribution in [0.5, 0.6) is 0 Å². The van der Waals surface area contributed by atoms with E-state index in [1.807, 2.05) is 42.5 Å². The first-order valence-corrected chi connectivity index (χ1v) is 9.27. The normalized spacial score (nSPS) is 14.6. The van der Waals surface area contributed by atoms with Gasteiger partial charge in [0.1, 0.15) is 0 Å². The van der Waals surface area contributed by atoms with Crippen molar-refractivity contribution in [3.05, 3.63) is 65.7 Å². The van der Waals surface area contributed by atoms with Crippen molar-refractivity contribution in [1.29, 1.82) is 0 Å². The molecule has 1 aliphatic rings. The summed E-state index contributed by atoms with van der Waals surface area (Å²) in [5, 5.41) is 5.83. The summed E-state index contributed by atoms with van der Waals surface area (Å²) in [6.45, 7) is 3.01. The number of amides is 2. The zero-order valence-electron chi connectivity index (χ0n) is 15.0. The molecule has 5 nitrogen and oxygen atoms in total. The van der Waals surface area contributed by atoms with Crippen molar-refractivity contribution in [3.8, 4) is 0 Å². The van der Waals surface area contributed by atoms with Gasteiger partial charge < -0.3 is 15.5 Å². The first kappa shape index (κ1) is 18.1. The van der Waals surface area contributed by atoms with E-state index in [9.17, 15) is 9.59 Å². The summed E-state index contributed by atoms with van der Waals surface area (Å²) in [6, 6.07) is 16.9. The Labute approximate surface area is 154 Å². The second-order valence-corrected chi connectivity index (χ2v) is 6.75. The molecule has 0 bridgehead atoms. The van der Waals surface area contributed by atoms with Gasteiger partial charge in [-0.25, -0.2) is 0 Å². The molecule has 1 saturated heterocycles. The Kier molecular flexibility index (Phi) is 6.39. The van der Waals surface area contributed by atoms with Crippen LogP contribution in [0, 0.1) is 0 Å². The lowest BCUT2D eigenvalue weighted by atomic mass is 10.1. The summed E-state index contributed by atoms with van der Waals surface area (Å²) in [5.41, 5.74) is 2.10. The molecule has 26 heavy (non-hydrogen) atoms. The number of para-hydroxylation sites is 1. The van der Waals surface area contributed by atoms with Crippen LogP contribution >= 0.6 is 0 Å². The average molecular weight is 352 g/mol. The van der Waals surface area contributed by atoms with Gasteiger partial charge in [-0.1, -0.05) is 42.5 Å². The van der Waals surface area contributed by atoms with Gasteiger partial charge in [0.15, 0.2) is 6.54 Å². The van der Waals surface area contributed by atoms with E-state index in [0.29, 0.717) is 24.3 Å². The summed E-state index contributed by atoms with van der Waals surface area (Å²) >= 11 is 0. The maximum Gasteiger partial charge on any atom is 0.279 e. The van der Waals surface area contributed by atoms with Gasteiger partial charge in [0, 0.05) is 6.54 Å². The SMILES string of the molecule is O=C(C[NH+]1CCCCC1)Nc1ccccc1C(=O)NCc1ccccc1. The number of nitrogens with one attached hydrogen (secondary N) is 3. The molecule has 1 fully saturated rings. The number of carbonyl (C=O) groups is 2. The molecule has 2 aromatic rings. The fourth-order valence-electron chi connectivity index (χ4n) is 3.31. The van der Waals surface area contributed by atoms with Crippen LogP contribution in [0.25, 0.3) is 0 Å². The molecule has 0 atom stereocenters. The molecule has 0 aromatic heterocycles. The first-order valence-electron chi connectivity index (χ1n) is 9.27. The molecule has 0 unspecified atom stereocenters. The number of hydrogen-bond donors (Lipinski definition) is 3. The highest BCUT2D eigenvalue weighted by Crippen LogP contribution is 2.15. The van der Waals surface area contributed by atoms with Crippen molar-refractivity contribution in [2.45, 2.75) is 25.8 Å². The second-order valence-electron chi connectivity index (χ2n) is 6.75. The van der Waals surface area contributed by atoms with Gasteiger partial charge in [0.2, 0.25) is 0 Å². The summed E-state index contributed by atoms with van der Waals surface area (Å²) in [6.07, 6.45) is 3.62. The second kappa shape index (κ2) is 9.15. The van der Waals surface area contributed by atoms with Crippen LogP contribution in [0.1, 0.15) is 35.2 Å². The molecule has 0 radical (unpaired) electrons. The summed E-state index contributed by atoms with van der Waals surface area (Å²) < 4.78 is 0. The minimum atomic E-state index is -0.185. The van der Waals surface area contributed by atoms with Crippen LogP contribution in [0.4, 0.5) is 5.69 Å². The third-order valence-electron chi connectivity index (χ3n) is 4.71. The molecule has 1 aliphatic heterocycles. The van der Waals surface area contributed by atoms with E-state index in [-0.39, 0.29) is 11.8 Å². The quantitative estimate of drug-likeness (QED) is 0.740. The van der Waals surface area contributed by atoms with Gasteiger partial charge in [-0.15, -0.1) is 0 Å². The van der Waals surface area contributed by atoms with Crippen molar-refractivity contribution < 1.29 is 14.5 Å². The highest BCUT2D eigenvalue weighted by molar-refractivity contribution is 6.03. The van der Waals surface area contributed by atoms with Gasteiger partial charge in [-0.3, -0.25) is 9.59 Å². The fourth-order valence-corrected chi connectivity index (χ4v) is 3.31. The van der Waals surface area contributed by atoms with E-state index in [1.165, 1.54) is 24.2 Å². The maximum atomic E-state index is 12.5. The van der Waals surface area contributed by atoms with Crippen molar-refractivity contribution in [2.24, 2.45) is 0 Å². The van der Waals surface area contributed by atoms with Crippen molar-refractivity contribution >= 4 is 17.5 Å². The van der Waals surface area contributed by atoms with Gasteiger partial charge in [0.05, 0.1) is 24.3 Å². The zero-order chi connectivity index (χ0) is 18.2. The Hall–Kier alpha value is -2.66. The van der Waals surface area contributed by atoms with Crippen molar-refractivity contribution in [2.75, 3.05) is 25.0 Å². The topological polar surface area (TPSA) is 62.6 Å². The van der Waals surface area contributed by atoms with Crippen LogP contribution in [0.15, 0.2) is 54.6 Å². The Morgan fingerprint density at radius 3 is 2.35 bits per heavy atom. The van der Waals surface area contributed by atoms with E-state index in [2.05, 4.69) is 10.6 Å². The Bertz CT molecular complexity index is 740. The zero-order valence-corrected chi connectivity index (χ0v) is 15.0. The number of benzene rings is 2. The van der Waals surface area contributed by atoms with E-state index < -0.39 is 0 Å². The molecule has 3 N–H and O–H groups in total. The number of likely N-dealkylation sites (tertiary alicyclic amines) is 1. The Morgan fingerprint density at radius 2 is 1.58 bits per heavy atom. The molecule has 1 heterocycles. The lowest BCUT2D eigenvalue weighted by Crippen LogP contribution is -3.13. The smallest absolute Gasteiger partial charge is 0.279 e. The largest absolute Gasteiger partial charge is 0.348 e. The number of piperidine rings is 1. The number of quaternary nitrogens is 1. The van der Waals surface area contributed by atoms with Gasteiger partial charge >= 0.3 is 0 Å². The molecule has 3 rings (SSSR count). The number of hydrogen-bond acceptors (Lipinski definition) is 2. The van der Waals surface area contributed by atoms with Crippen LogP contribution < -0.4 is 15.5 Å². The molecule has 0 saturated carbocycles. The van der Waals surface area contributed by atoms with Crippen LogP contribution in [-0.4, -0.2) is 31.4 Å². The standard InChI is InChI=1S/C21H25N3O2/c25-20(16-24-13-7-2-8-14-24)23-19-12-6-5-11-18(19)21(26)22-15-17-9-3-1-4-10-17/h1,3-6,9-12H,2,7-8,13-16H2,(H,22,26)(H,23,25)/p+1.